The monoisotopic (exact) mass is 351 g/mol. The Labute approximate surface area is 125 Å². The van der Waals surface area contributed by atoms with Gasteiger partial charge in [-0.1, -0.05) is 35.0 Å². The van der Waals surface area contributed by atoms with E-state index >= 15 is 0 Å². The highest BCUT2D eigenvalue weighted by Gasteiger charge is 2.30. The average molecular weight is 352 g/mol. The minimum absolute atomic E-state index is 0.0992. The second kappa shape index (κ2) is 7.11. The number of halogens is 4. The largest absolute Gasteiger partial charge is 0.416 e. The van der Waals surface area contributed by atoms with Crippen molar-refractivity contribution in [3.63, 3.8) is 0 Å². The fourth-order valence-corrected chi connectivity index (χ4v) is 1.82. The van der Waals surface area contributed by atoms with Crippen LogP contribution in [0, 0.1) is 0 Å². The third-order valence-corrected chi connectivity index (χ3v) is 3.38. The standard InChI is InChI=1S/C14H17BrF3NO/c1-10(15)7-8-19(2)13(20)9-11-3-5-12(6-4-11)14(16,17)18/h3-6,10H,7-9H2,1-2H3. The number of benzene rings is 1. The fraction of sp³-hybridized carbons (Fsp3) is 0.500. The maximum Gasteiger partial charge on any atom is 0.416 e. The molecule has 112 valence electrons. The number of hydrogen-bond donors (Lipinski definition) is 0. The van der Waals surface area contributed by atoms with Crippen molar-refractivity contribution in [2.24, 2.45) is 0 Å². The SMILES string of the molecule is CC(Br)CCN(C)C(=O)Cc1ccc(C(F)(F)F)cc1. The summed E-state index contributed by atoms with van der Waals surface area (Å²) >= 11 is 3.40. The third kappa shape index (κ3) is 5.53. The van der Waals surface area contributed by atoms with Crippen molar-refractivity contribution in [3.05, 3.63) is 35.4 Å². The van der Waals surface area contributed by atoms with Crippen LogP contribution in [0.4, 0.5) is 13.2 Å². The molecule has 1 aromatic rings. The van der Waals surface area contributed by atoms with Gasteiger partial charge in [0.2, 0.25) is 5.91 Å². The molecule has 0 bridgehead atoms. The van der Waals surface area contributed by atoms with Crippen molar-refractivity contribution in [2.75, 3.05) is 13.6 Å². The molecule has 1 amide bonds. The first kappa shape index (κ1) is 17.0. The zero-order valence-electron chi connectivity index (χ0n) is 11.4. The predicted molar refractivity (Wildman–Crippen MR) is 75.8 cm³/mol. The molecule has 1 unspecified atom stereocenters. The lowest BCUT2D eigenvalue weighted by molar-refractivity contribution is -0.137. The van der Waals surface area contributed by atoms with Crippen molar-refractivity contribution >= 4 is 21.8 Å². The molecule has 0 aliphatic carbocycles. The van der Waals surface area contributed by atoms with Gasteiger partial charge in [-0.15, -0.1) is 0 Å². The molecule has 0 fully saturated rings. The zero-order valence-corrected chi connectivity index (χ0v) is 13.0. The normalized spacial score (nSPS) is 13.1. The van der Waals surface area contributed by atoms with E-state index in [0.717, 1.165) is 18.6 Å². The molecule has 6 heteroatoms. The summed E-state index contributed by atoms with van der Waals surface area (Å²) < 4.78 is 37.2. The van der Waals surface area contributed by atoms with Gasteiger partial charge in [-0.25, -0.2) is 0 Å². The van der Waals surface area contributed by atoms with Crippen molar-refractivity contribution in [3.8, 4) is 0 Å². The lowest BCUT2D eigenvalue weighted by Crippen LogP contribution is -2.30. The van der Waals surface area contributed by atoms with Gasteiger partial charge >= 0.3 is 6.18 Å². The van der Waals surface area contributed by atoms with E-state index in [-0.39, 0.29) is 12.3 Å². The number of rotatable bonds is 5. The molecule has 0 N–H and O–H groups in total. The van der Waals surface area contributed by atoms with Crippen LogP contribution in [0.3, 0.4) is 0 Å². The molecule has 2 nitrogen and oxygen atoms in total. The van der Waals surface area contributed by atoms with Gasteiger partial charge in [-0.3, -0.25) is 4.79 Å². The summed E-state index contributed by atoms with van der Waals surface area (Å²) in [6, 6.07) is 4.70. The van der Waals surface area contributed by atoms with E-state index in [0.29, 0.717) is 16.9 Å². The first-order valence-corrected chi connectivity index (χ1v) is 7.16. The Kier molecular flexibility index (Phi) is 6.05. The Hall–Kier alpha value is -1.04. The van der Waals surface area contributed by atoms with Crippen LogP contribution in [-0.4, -0.2) is 29.2 Å². The highest BCUT2D eigenvalue weighted by atomic mass is 79.9. The Morgan fingerprint density at radius 1 is 1.30 bits per heavy atom. The molecule has 1 aromatic carbocycles. The van der Waals surface area contributed by atoms with Crippen LogP contribution < -0.4 is 0 Å². The first-order valence-electron chi connectivity index (χ1n) is 6.24. The molecule has 0 saturated carbocycles. The van der Waals surface area contributed by atoms with E-state index in [1.807, 2.05) is 6.92 Å². The van der Waals surface area contributed by atoms with Crippen molar-refractivity contribution in [1.29, 1.82) is 0 Å². The number of alkyl halides is 4. The molecule has 0 aromatic heterocycles. The average Bonchev–Trinajstić information content (AvgIpc) is 2.35. The maximum atomic E-state index is 12.4. The smallest absolute Gasteiger partial charge is 0.345 e. The number of nitrogens with zero attached hydrogens (tertiary/aromatic N) is 1. The van der Waals surface area contributed by atoms with Crippen LogP contribution >= 0.6 is 15.9 Å². The molecule has 0 saturated heterocycles. The molecule has 0 heterocycles. The molecular weight excluding hydrogens is 335 g/mol. The van der Waals surface area contributed by atoms with Crippen LogP contribution in [0.25, 0.3) is 0 Å². The van der Waals surface area contributed by atoms with Crippen LogP contribution in [0.2, 0.25) is 0 Å². The molecule has 1 atom stereocenters. The van der Waals surface area contributed by atoms with E-state index in [1.165, 1.54) is 12.1 Å². The van der Waals surface area contributed by atoms with Gasteiger partial charge in [0, 0.05) is 18.4 Å². The first-order chi connectivity index (χ1) is 9.20. The number of carbonyl (C=O) groups is 1. The van der Waals surface area contributed by atoms with Crippen molar-refractivity contribution in [1.82, 2.24) is 4.90 Å². The van der Waals surface area contributed by atoms with E-state index < -0.39 is 11.7 Å². The number of hydrogen-bond acceptors (Lipinski definition) is 1. The maximum absolute atomic E-state index is 12.4. The van der Waals surface area contributed by atoms with Gasteiger partial charge in [0.1, 0.15) is 0 Å². The lowest BCUT2D eigenvalue weighted by atomic mass is 10.1. The Morgan fingerprint density at radius 2 is 1.85 bits per heavy atom. The van der Waals surface area contributed by atoms with Gasteiger partial charge in [-0.05, 0) is 24.1 Å². The quantitative estimate of drug-likeness (QED) is 0.737. The van der Waals surface area contributed by atoms with Crippen LogP contribution in [0.1, 0.15) is 24.5 Å². The Bertz CT molecular complexity index is 443. The molecule has 0 aliphatic rings. The summed E-state index contributed by atoms with van der Waals surface area (Å²) in [6.07, 6.45) is -3.40. The second-order valence-electron chi connectivity index (χ2n) is 4.76. The summed E-state index contributed by atoms with van der Waals surface area (Å²) in [5.74, 6) is -0.0992. The minimum atomic E-state index is -4.34. The van der Waals surface area contributed by atoms with Crippen LogP contribution in [0.5, 0.6) is 0 Å². The molecule has 0 spiro atoms. The van der Waals surface area contributed by atoms with E-state index in [2.05, 4.69) is 15.9 Å². The second-order valence-corrected chi connectivity index (χ2v) is 6.32. The Morgan fingerprint density at radius 3 is 2.30 bits per heavy atom. The van der Waals surface area contributed by atoms with Gasteiger partial charge in [0.25, 0.3) is 0 Å². The summed E-state index contributed by atoms with van der Waals surface area (Å²) in [5.41, 5.74) is -0.114. The van der Waals surface area contributed by atoms with Crippen molar-refractivity contribution in [2.45, 2.75) is 30.8 Å². The summed E-state index contributed by atoms with van der Waals surface area (Å²) in [6.45, 7) is 2.61. The number of amides is 1. The molecule has 20 heavy (non-hydrogen) atoms. The Balaban J connectivity index is 2.58. The topological polar surface area (TPSA) is 20.3 Å². The zero-order chi connectivity index (χ0) is 15.3. The van der Waals surface area contributed by atoms with E-state index in [9.17, 15) is 18.0 Å². The summed E-state index contributed by atoms with van der Waals surface area (Å²) in [7, 11) is 1.70. The van der Waals surface area contributed by atoms with Gasteiger partial charge < -0.3 is 4.90 Å². The molecule has 1 rings (SSSR count). The van der Waals surface area contributed by atoms with Crippen LogP contribution in [-0.2, 0) is 17.4 Å². The summed E-state index contributed by atoms with van der Waals surface area (Å²) in [4.78, 5) is 13.8. The third-order valence-electron chi connectivity index (χ3n) is 2.92. The number of carbonyl (C=O) groups excluding carboxylic acids is 1. The fourth-order valence-electron chi connectivity index (χ4n) is 1.62. The van der Waals surface area contributed by atoms with Gasteiger partial charge in [-0.2, -0.15) is 13.2 Å². The lowest BCUT2D eigenvalue weighted by Gasteiger charge is -2.18. The minimum Gasteiger partial charge on any atom is -0.345 e. The molecule has 0 aliphatic heterocycles. The highest BCUT2D eigenvalue weighted by Crippen LogP contribution is 2.29. The predicted octanol–water partition coefficient (Wildman–Crippen LogP) is 3.88. The number of likely N-dealkylation sites (N-methyl/N-ethyl adjacent to an activating group) is 1. The van der Waals surface area contributed by atoms with Gasteiger partial charge in [0.15, 0.2) is 0 Å². The van der Waals surface area contributed by atoms with E-state index in [4.69, 9.17) is 0 Å². The van der Waals surface area contributed by atoms with Crippen molar-refractivity contribution < 1.29 is 18.0 Å². The highest BCUT2D eigenvalue weighted by molar-refractivity contribution is 9.09. The summed E-state index contributed by atoms with van der Waals surface area (Å²) in [5, 5.41) is 0. The molecular formula is C14H17BrF3NO. The van der Waals surface area contributed by atoms with E-state index in [1.54, 1.807) is 11.9 Å². The molecule has 0 radical (unpaired) electrons. The van der Waals surface area contributed by atoms with Crippen LogP contribution in [0.15, 0.2) is 24.3 Å². The van der Waals surface area contributed by atoms with Gasteiger partial charge in [0.05, 0.1) is 12.0 Å².